The van der Waals surface area contributed by atoms with E-state index in [0.717, 1.165) is 29.7 Å². The molecule has 160 valence electrons. The first-order valence-electron chi connectivity index (χ1n) is 10.1. The summed E-state index contributed by atoms with van der Waals surface area (Å²) in [5.41, 5.74) is 2.31. The Morgan fingerprint density at radius 1 is 1.17 bits per heavy atom. The number of nitrogens with zero attached hydrogens (tertiary/aromatic N) is 1. The van der Waals surface area contributed by atoms with Crippen LogP contribution in [0.1, 0.15) is 36.8 Å². The number of likely N-dealkylation sites (tertiary alicyclic amines) is 1. The zero-order chi connectivity index (χ0) is 21.5. The van der Waals surface area contributed by atoms with E-state index in [1.807, 2.05) is 43.3 Å². The number of anilines is 1. The molecule has 7 heteroatoms. The number of carbonyl (C=O) groups is 2. The number of carbonyl (C=O) groups excluding carboxylic acids is 2. The van der Waals surface area contributed by atoms with Gasteiger partial charge in [0.1, 0.15) is 12.4 Å². The Kier molecular flexibility index (Phi) is 7.30. The zero-order valence-electron chi connectivity index (χ0n) is 17.3. The molecular formula is C23H28N2O5. The van der Waals surface area contributed by atoms with Crippen LogP contribution in [0.15, 0.2) is 48.5 Å². The van der Waals surface area contributed by atoms with Crippen LogP contribution >= 0.6 is 0 Å². The normalized spacial score (nSPS) is 16.8. The second kappa shape index (κ2) is 10.1. The molecule has 30 heavy (non-hydrogen) atoms. The van der Waals surface area contributed by atoms with Gasteiger partial charge in [-0.15, -0.1) is 0 Å². The molecule has 1 aliphatic rings. The van der Waals surface area contributed by atoms with Crippen molar-refractivity contribution in [3.8, 4) is 5.75 Å². The van der Waals surface area contributed by atoms with E-state index in [4.69, 9.17) is 9.47 Å². The second-order valence-corrected chi connectivity index (χ2v) is 7.40. The lowest BCUT2D eigenvalue weighted by Gasteiger charge is -2.26. The number of amides is 2. The number of ether oxygens (including phenoxy) is 2. The molecule has 2 amide bonds. The summed E-state index contributed by atoms with van der Waals surface area (Å²) in [4.78, 5) is 26.6. The minimum absolute atomic E-state index is 0.0000445. The average molecular weight is 412 g/mol. The number of aliphatic hydroxyl groups is 1. The second-order valence-electron chi connectivity index (χ2n) is 7.40. The van der Waals surface area contributed by atoms with Crippen LogP contribution in [0.5, 0.6) is 5.75 Å². The molecule has 0 radical (unpaired) electrons. The molecule has 0 spiro atoms. The van der Waals surface area contributed by atoms with Gasteiger partial charge in [-0.3, -0.25) is 10.1 Å². The first kappa shape index (κ1) is 21.6. The van der Waals surface area contributed by atoms with Crippen molar-refractivity contribution in [2.45, 2.75) is 38.3 Å². The maximum Gasteiger partial charge on any atom is 0.411 e. The number of hydrogen-bond donors (Lipinski definition) is 2. The maximum absolute atomic E-state index is 12.8. The van der Waals surface area contributed by atoms with Gasteiger partial charge in [0, 0.05) is 12.2 Å². The number of methoxy groups -OCH3 is 1. The summed E-state index contributed by atoms with van der Waals surface area (Å²) < 4.78 is 10.3. The number of aliphatic hydroxyl groups excluding tert-OH is 1. The van der Waals surface area contributed by atoms with Crippen molar-refractivity contribution < 1.29 is 24.2 Å². The highest BCUT2D eigenvalue weighted by molar-refractivity contribution is 5.86. The molecule has 0 saturated carbocycles. The molecule has 2 unspecified atom stereocenters. The van der Waals surface area contributed by atoms with Crippen LogP contribution in [-0.2, 0) is 16.1 Å². The maximum atomic E-state index is 12.8. The topological polar surface area (TPSA) is 88.1 Å². The average Bonchev–Trinajstić information content (AvgIpc) is 3.26. The van der Waals surface area contributed by atoms with Crippen LogP contribution in [0.2, 0.25) is 0 Å². The largest absolute Gasteiger partial charge is 0.497 e. The summed E-state index contributed by atoms with van der Waals surface area (Å²) in [5, 5.41) is 12.1. The van der Waals surface area contributed by atoms with Gasteiger partial charge in [-0.1, -0.05) is 24.3 Å². The SMILES string of the molecule is COc1ccc(COC(=O)Nc2ccc(C(C)C(=O)N3CCCC3CO)cc2)cc1. The van der Waals surface area contributed by atoms with Crippen molar-refractivity contribution in [1.82, 2.24) is 4.90 Å². The van der Waals surface area contributed by atoms with Crippen molar-refractivity contribution in [3.05, 3.63) is 59.7 Å². The van der Waals surface area contributed by atoms with E-state index in [-0.39, 0.29) is 31.1 Å². The Hall–Kier alpha value is -3.06. The molecule has 3 rings (SSSR count). The fourth-order valence-corrected chi connectivity index (χ4v) is 3.59. The number of hydrogen-bond acceptors (Lipinski definition) is 5. The van der Waals surface area contributed by atoms with Crippen LogP contribution in [0, 0.1) is 0 Å². The summed E-state index contributed by atoms with van der Waals surface area (Å²) >= 11 is 0. The lowest BCUT2D eigenvalue weighted by molar-refractivity contribution is -0.134. The van der Waals surface area contributed by atoms with Crippen molar-refractivity contribution in [2.75, 3.05) is 25.6 Å². The van der Waals surface area contributed by atoms with Gasteiger partial charge in [0.15, 0.2) is 0 Å². The van der Waals surface area contributed by atoms with E-state index in [0.29, 0.717) is 12.2 Å². The molecule has 2 aromatic carbocycles. The molecule has 7 nitrogen and oxygen atoms in total. The Morgan fingerprint density at radius 3 is 2.50 bits per heavy atom. The van der Waals surface area contributed by atoms with E-state index in [1.54, 1.807) is 24.1 Å². The van der Waals surface area contributed by atoms with Crippen LogP contribution in [-0.4, -0.2) is 48.3 Å². The van der Waals surface area contributed by atoms with Crippen molar-refractivity contribution in [1.29, 1.82) is 0 Å². The molecule has 0 aromatic heterocycles. The van der Waals surface area contributed by atoms with Crippen LogP contribution in [0.4, 0.5) is 10.5 Å². The molecular weight excluding hydrogens is 384 g/mol. The van der Waals surface area contributed by atoms with E-state index in [1.165, 1.54) is 0 Å². The summed E-state index contributed by atoms with van der Waals surface area (Å²) in [5.74, 6) is 0.451. The van der Waals surface area contributed by atoms with E-state index in [2.05, 4.69) is 5.32 Å². The first-order chi connectivity index (χ1) is 14.5. The molecule has 2 atom stereocenters. The van der Waals surface area contributed by atoms with Crippen LogP contribution in [0.25, 0.3) is 0 Å². The van der Waals surface area contributed by atoms with E-state index in [9.17, 15) is 14.7 Å². The highest BCUT2D eigenvalue weighted by atomic mass is 16.5. The van der Waals surface area contributed by atoms with Gasteiger partial charge in [0.2, 0.25) is 5.91 Å². The smallest absolute Gasteiger partial charge is 0.411 e. The Labute approximate surface area is 176 Å². The van der Waals surface area contributed by atoms with Crippen molar-refractivity contribution in [2.24, 2.45) is 0 Å². The van der Waals surface area contributed by atoms with Gasteiger partial charge in [-0.2, -0.15) is 0 Å². The quantitative estimate of drug-likeness (QED) is 0.726. The standard InChI is InChI=1S/C23H28N2O5/c1-16(22(27)25-13-3-4-20(25)14-26)18-7-9-19(10-8-18)24-23(28)30-15-17-5-11-21(29-2)12-6-17/h5-12,16,20,26H,3-4,13-15H2,1-2H3,(H,24,28). The minimum Gasteiger partial charge on any atom is -0.497 e. The van der Waals surface area contributed by atoms with Gasteiger partial charge in [0.05, 0.1) is 25.7 Å². The lowest BCUT2D eigenvalue weighted by atomic mass is 9.99. The third-order valence-electron chi connectivity index (χ3n) is 5.43. The molecule has 1 saturated heterocycles. The van der Waals surface area contributed by atoms with Crippen molar-refractivity contribution >= 4 is 17.7 Å². The molecule has 0 aliphatic carbocycles. The predicted molar refractivity (Wildman–Crippen MR) is 113 cm³/mol. The summed E-state index contributed by atoms with van der Waals surface area (Å²) in [6, 6.07) is 14.4. The highest BCUT2D eigenvalue weighted by Gasteiger charge is 2.31. The molecule has 2 aromatic rings. The number of benzene rings is 2. The summed E-state index contributed by atoms with van der Waals surface area (Å²) in [6.45, 7) is 2.70. The van der Waals surface area contributed by atoms with Gasteiger partial charge in [-0.25, -0.2) is 4.79 Å². The third-order valence-corrected chi connectivity index (χ3v) is 5.43. The molecule has 0 bridgehead atoms. The third kappa shape index (κ3) is 5.30. The molecule has 2 N–H and O–H groups in total. The lowest BCUT2D eigenvalue weighted by Crippen LogP contribution is -2.39. The van der Waals surface area contributed by atoms with Gasteiger partial charge < -0.3 is 19.5 Å². The number of nitrogens with one attached hydrogen (secondary N) is 1. The zero-order valence-corrected chi connectivity index (χ0v) is 17.3. The fraction of sp³-hybridized carbons (Fsp3) is 0.391. The van der Waals surface area contributed by atoms with Crippen LogP contribution in [0.3, 0.4) is 0 Å². The fourth-order valence-electron chi connectivity index (χ4n) is 3.59. The Bertz CT molecular complexity index is 851. The molecule has 1 aliphatic heterocycles. The van der Waals surface area contributed by atoms with Gasteiger partial charge in [0.25, 0.3) is 0 Å². The first-order valence-corrected chi connectivity index (χ1v) is 10.1. The van der Waals surface area contributed by atoms with Gasteiger partial charge >= 0.3 is 6.09 Å². The Balaban J connectivity index is 1.51. The Morgan fingerprint density at radius 2 is 1.87 bits per heavy atom. The van der Waals surface area contributed by atoms with Gasteiger partial charge in [-0.05, 0) is 55.2 Å². The highest BCUT2D eigenvalue weighted by Crippen LogP contribution is 2.25. The van der Waals surface area contributed by atoms with E-state index >= 15 is 0 Å². The number of rotatable bonds is 7. The summed E-state index contributed by atoms with van der Waals surface area (Å²) in [6.07, 6.45) is 1.22. The van der Waals surface area contributed by atoms with Crippen molar-refractivity contribution in [3.63, 3.8) is 0 Å². The van der Waals surface area contributed by atoms with Crippen LogP contribution < -0.4 is 10.1 Å². The molecule has 1 fully saturated rings. The monoisotopic (exact) mass is 412 g/mol. The van der Waals surface area contributed by atoms with E-state index < -0.39 is 6.09 Å². The summed E-state index contributed by atoms with van der Waals surface area (Å²) in [7, 11) is 1.60. The minimum atomic E-state index is -0.550. The predicted octanol–water partition coefficient (Wildman–Crippen LogP) is 3.53. The molecule has 1 heterocycles.